The summed E-state index contributed by atoms with van der Waals surface area (Å²) >= 11 is 2.91. The molecule has 0 aromatic carbocycles. The van der Waals surface area contributed by atoms with E-state index in [9.17, 15) is 19.2 Å². The number of nitrogens with zero attached hydrogens (tertiary/aromatic N) is 2. The molecule has 0 saturated carbocycles. The van der Waals surface area contributed by atoms with Crippen molar-refractivity contribution in [3.63, 3.8) is 0 Å². The molecule has 0 spiro atoms. The largest absolute Gasteiger partial charge is 0.423 e. The van der Waals surface area contributed by atoms with E-state index in [1.54, 1.807) is 13.8 Å². The van der Waals surface area contributed by atoms with Crippen molar-refractivity contribution in [2.24, 2.45) is 17.4 Å². The quantitative estimate of drug-likeness (QED) is 0.305. The van der Waals surface area contributed by atoms with Gasteiger partial charge in [-0.25, -0.2) is 9.59 Å². The Hall–Kier alpha value is -1.50. The fourth-order valence-corrected chi connectivity index (χ4v) is 7.83. The van der Waals surface area contributed by atoms with E-state index in [2.05, 4.69) is 0 Å². The van der Waals surface area contributed by atoms with E-state index < -0.39 is 51.9 Å². The minimum absolute atomic E-state index is 0.273. The average Bonchev–Trinajstić information content (AvgIpc) is 3.12. The molecule has 2 unspecified atom stereocenters. The number of carbonyl (C=O) groups is 4. The van der Waals surface area contributed by atoms with Gasteiger partial charge in [0.05, 0.1) is 0 Å². The zero-order chi connectivity index (χ0) is 23.9. The van der Waals surface area contributed by atoms with E-state index in [1.165, 1.54) is 33.3 Å². The minimum atomic E-state index is -1.16. The molecule has 0 aromatic rings. The van der Waals surface area contributed by atoms with Crippen molar-refractivity contribution in [2.75, 3.05) is 0 Å². The van der Waals surface area contributed by atoms with Gasteiger partial charge in [0.2, 0.25) is 18.1 Å². The predicted octanol–water partition coefficient (Wildman–Crippen LogP) is -0.166. The van der Waals surface area contributed by atoms with Gasteiger partial charge in [0.25, 0.3) is 0 Å². The van der Waals surface area contributed by atoms with E-state index in [0.717, 1.165) is 0 Å². The lowest BCUT2D eigenvalue weighted by Crippen LogP contribution is -2.69. The van der Waals surface area contributed by atoms with Gasteiger partial charge >= 0.3 is 11.9 Å². The molecule has 0 aliphatic carbocycles. The molecule has 10 nitrogen and oxygen atoms in total. The van der Waals surface area contributed by atoms with Gasteiger partial charge < -0.3 is 30.7 Å². The van der Waals surface area contributed by atoms with Gasteiger partial charge in [-0.2, -0.15) is 0 Å². The van der Waals surface area contributed by atoms with Gasteiger partial charge in [-0.15, -0.1) is 23.5 Å². The van der Waals surface area contributed by atoms with Crippen LogP contribution in [0.1, 0.15) is 41.5 Å². The van der Waals surface area contributed by atoms with Gasteiger partial charge in [-0.05, 0) is 27.7 Å². The molecule has 4 aliphatic rings. The first kappa shape index (κ1) is 23.7. The molecule has 4 aliphatic heterocycles. The van der Waals surface area contributed by atoms with Crippen LogP contribution in [0.4, 0.5) is 0 Å². The first-order valence-electron chi connectivity index (χ1n) is 10.6. The number of carbonyl (C=O) groups excluding carboxylic acids is 4. The van der Waals surface area contributed by atoms with Crippen LogP contribution < -0.4 is 11.5 Å². The van der Waals surface area contributed by atoms with Crippen LogP contribution in [0.2, 0.25) is 0 Å². The number of fused-ring (bicyclic) bond motifs is 2. The summed E-state index contributed by atoms with van der Waals surface area (Å²) in [7, 11) is 0. The fourth-order valence-electron chi connectivity index (χ4n) is 4.70. The smallest absolute Gasteiger partial charge is 0.333 e. The Morgan fingerprint density at radius 3 is 1.50 bits per heavy atom. The standard InChI is InChI=1S/C20H30N4O6S2/c1-7(2)18(29-16(27)10-19(3,4)31-14-8(21)12(25)23(10)14)30-17(28)11-20(5,6)32-15-9(22)13(26)24(11)15/h7-11,14-15,18H,21-22H2,1-6H3/t8?,9?,10-,11-,14+,15+,18?/m0/s1. The van der Waals surface area contributed by atoms with Crippen molar-refractivity contribution in [1.29, 1.82) is 0 Å². The Balaban J connectivity index is 1.48. The Morgan fingerprint density at radius 2 is 1.19 bits per heavy atom. The second-order valence-corrected chi connectivity index (χ2v) is 13.6. The van der Waals surface area contributed by atoms with E-state index in [0.29, 0.717) is 0 Å². The monoisotopic (exact) mass is 486 g/mol. The molecular weight excluding hydrogens is 456 g/mol. The first-order chi connectivity index (χ1) is 14.7. The third kappa shape index (κ3) is 3.33. The van der Waals surface area contributed by atoms with Crippen molar-refractivity contribution in [3.8, 4) is 0 Å². The van der Waals surface area contributed by atoms with Crippen LogP contribution >= 0.6 is 23.5 Å². The molecule has 4 N–H and O–H groups in total. The maximum Gasteiger partial charge on any atom is 0.333 e. The Bertz CT molecular complexity index is 814. The number of nitrogens with two attached hydrogens (primary N) is 2. The van der Waals surface area contributed by atoms with E-state index in [4.69, 9.17) is 20.9 Å². The molecule has 2 amide bonds. The summed E-state index contributed by atoms with van der Waals surface area (Å²) in [6.07, 6.45) is -1.16. The van der Waals surface area contributed by atoms with Gasteiger partial charge in [-0.3, -0.25) is 9.59 Å². The van der Waals surface area contributed by atoms with Crippen LogP contribution in [0.25, 0.3) is 0 Å². The highest BCUT2D eigenvalue weighted by atomic mass is 32.2. The molecule has 4 saturated heterocycles. The van der Waals surface area contributed by atoms with Gasteiger partial charge in [0.1, 0.15) is 34.9 Å². The Morgan fingerprint density at radius 1 is 0.844 bits per heavy atom. The lowest BCUT2D eigenvalue weighted by Gasteiger charge is -2.43. The SMILES string of the molecule is CC(C)C(OC(=O)[C@@H]1N2C(=O)C(N)[C@H]2SC1(C)C)OC(=O)[C@@H]1N2C(=O)C(N)[C@H]2SC1(C)C. The molecule has 0 radical (unpaired) electrons. The molecule has 12 heteroatoms. The van der Waals surface area contributed by atoms with Crippen LogP contribution in [-0.2, 0) is 28.7 Å². The van der Waals surface area contributed by atoms with Crippen molar-refractivity contribution in [1.82, 2.24) is 9.80 Å². The Labute approximate surface area is 195 Å². The summed E-state index contributed by atoms with van der Waals surface area (Å²) < 4.78 is 10.1. The lowest BCUT2D eigenvalue weighted by molar-refractivity contribution is -0.206. The third-order valence-corrected chi connectivity index (χ3v) is 9.60. The molecule has 178 valence electrons. The highest BCUT2D eigenvalue weighted by Gasteiger charge is 2.65. The van der Waals surface area contributed by atoms with E-state index in [1.807, 2.05) is 27.7 Å². The summed E-state index contributed by atoms with van der Waals surface area (Å²) in [6.45, 7) is 10.9. The first-order valence-corrected chi connectivity index (χ1v) is 12.4. The zero-order valence-electron chi connectivity index (χ0n) is 18.9. The topological polar surface area (TPSA) is 145 Å². The lowest BCUT2D eigenvalue weighted by atomic mass is 9.96. The van der Waals surface area contributed by atoms with Crippen molar-refractivity contribution >= 4 is 47.3 Å². The molecule has 4 heterocycles. The van der Waals surface area contributed by atoms with Crippen molar-refractivity contribution < 1.29 is 28.7 Å². The number of hydrogen-bond acceptors (Lipinski definition) is 10. The van der Waals surface area contributed by atoms with E-state index >= 15 is 0 Å². The predicted molar refractivity (Wildman–Crippen MR) is 119 cm³/mol. The number of amides is 2. The van der Waals surface area contributed by atoms with Gasteiger partial charge in [0, 0.05) is 15.4 Å². The van der Waals surface area contributed by atoms with Crippen LogP contribution in [0.5, 0.6) is 0 Å². The Kier molecular flexibility index (Phi) is 5.55. The number of rotatable bonds is 5. The van der Waals surface area contributed by atoms with Crippen LogP contribution in [0.3, 0.4) is 0 Å². The number of esters is 2. The number of hydrogen-bond donors (Lipinski definition) is 2. The summed E-state index contributed by atoms with van der Waals surface area (Å²) in [5, 5.41) is -0.546. The minimum Gasteiger partial charge on any atom is -0.423 e. The number of thioether (sulfide) groups is 2. The third-order valence-electron chi connectivity index (χ3n) is 6.42. The highest BCUT2D eigenvalue weighted by Crippen LogP contribution is 2.52. The number of β-lactam (4-membered cyclic amide) rings is 2. The second kappa shape index (κ2) is 7.51. The molecule has 4 fully saturated rings. The summed E-state index contributed by atoms with van der Waals surface area (Å²) in [5.41, 5.74) is 11.8. The van der Waals surface area contributed by atoms with Gasteiger partial charge in [-0.1, -0.05) is 13.8 Å². The summed E-state index contributed by atoms with van der Waals surface area (Å²) in [6, 6.07) is -2.93. The molecular formula is C20H30N4O6S2. The second-order valence-electron chi connectivity index (χ2n) is 10.1. The molecule has 0 aromatic heterocycles. The molecule has 6 atom stereocenters. The summed E-state index contributed by atoms with van der Waals surface area (Å²) in [5.74, 6) is -2.21. The van der Waals surface area contributed by atoms with Crippen LogP contribution in [0, 0.1) is 5.92 Å². The summed E-state index contributed by atoms with van der Waals surface area (Å²) in [4.78, 5) is 53.7. The normalized spacial score (nSPS) is 37.4. The fraction of sp³-hybridized carbons (Fsp3) is 0.800. The number of ether oxygens (including phenoxy) is 2. The van der Waals surface area contributed by atoms with Crippen molar-refractivity contribution in [3.05, 3.63) is 0 Å². The molecule has 4 rings (SSSR count). The maximum absolute atomic E-state index is 13.1. The maximum atomic E-state index is 13.1. The van der Waals surface area contributed by atoms with Gasteiger partial charge in [0.15, 0.2) is 0 Å². The average molecular weight is 487 g/mol. The van der Waals surface area contributed by atoms with Crippen molar-refractivity contribution in [2.45, 2.75) is 92.2 Å². The van der Waals surface area contributed by atoms with E-state index in [-0.39, 0.29) is 28.5 Å². The van der Waals surface area contributed by atoms with Crippen LogP contribution in [0.15, 0.2) is 0 Å². The molecule has 0 bridgehead atoms. The zero-order valence-corrected chi connectivity index (χ0v) is 20.6. The van der Waals surface area contributed by atoms with Crippen LogP contribution in [-0.4, -0.2) is 84.3 Å². The molecule has 32 heavy (non-hydrogen) atoms. The highest BCUT2D eigenvalue weighted by molar-refractivity contribution is 8.02.